The van der Waals surface area contributed by atoms with E-state index in [1.807, 2.05) is 6.92 Å². The van der Waals surface area contributed by atoms with Gasteiger partial charge >= 0.3 is 0 Å². The molecule has 0 aliphatic heterocycles. The lowest BCUT2D eigenvalue weighted by Crippen LogP contribution is -2.18. The minimum atomic E-state index is -2.32. The molecule has 1 unspecified atom stereocenters. The van der Waals surface area contributed by atoms with Crippen molar-refractivity contribution in [3.05, 3.63) is 0 Å². The Morgan fingerprint density at radius 3 is 2.18 bits per heavy atom. The third kappa shape index (κ3) is 41.6. The number of thiocarbonyl (C=S) groups is 1. The lowest BCUT2D eigenvalue weighted by Gasteiger charge is -2.01. The Kier molecular flexibility index (Phi) is 11.9. The number of nitrogens with two attached hydrogens (primary N) is 2. The molecule has 0 aliphatic rings. The van der Waals surface area contributed by atoms with E-state index in [0.29, 0.717) is 0 Å². The molecule has 7 heteroatoms. The molecule has 4 N–H and O–H groups in total. The van der Waals surface area contributed by atoms with Crippen LogP contribution < -0.4 is 11.5 Å². The van der Waals surface area contributed by atoms with Gasteiger partial charge in [0.1, 0.15) is 0 Å². The van der Waals surface area contributed by atoms with E-state index in [2.05, 4.69) is 27.9 Å². The van der Waals surface area contributed by atoms with E-state index < -0.39 is 11.4 Å². The summed E-state index contributed by atoms with van der Waals surface area (Å²) in [5.74, 6) is 0. The highest BCUT2D eigenvalue weighted by atomic mass is 32.2. The fourth-order valence-electron chi connectivity index (χ4n) is 0.151. The zero-order chi connectivity index (χ0) is 9.28. The van der Waals surface area contributed by atoms with Gasteiger partial charge < -0.3 is 20.2 Å². The fourth-order valence-corrected chi connectivity index (χ4v) is 0.454. The van der Waals surface area contributed by atoms with Gasteiger partial charge in [-0.2, -0.15) is 0 Å². The quantitative estimate of drug-likeness (QED) is 0.464. The van der Waals surface area contributed by atoms with Crippen LogP contribution in [-0.4, -0.2) is 20.5 Å². The minimum Gasteiger partial charge on any atom is -0.750 e. The Hall–Kier alpha value is -0.240. The molecule has 0 aromatic rings. The van der Waals surface area contributed by atoms with Crippen LogP contribution in [0.25, 0.3) is 0 Å². The molecule has 0 saturated heterocycles. The molecule has 0 rings (SSSR count). The summed E-state index contributed by atoms with van der Waals surface area (Å²) in [7, 11) is 0. The Morgan fingerprint density at radius 2 is 2.09 bits per heavy atom. The van der Waals surface area contributed by atoms with Gasteiger partial charge in [0, 0.05) is 0 Å². The first-order valence-corrected chi connectivity index (χ1v) is 4.19. The van der Waals surface area contributed by atoms with Gasteiger partial charge in [0.15, 0.2) is 5.11 Å². The number of rotatable bonds is 3. The Bertz CT molecular complexity index is 127. The van der Waals surface area contributed by atoms with E-state index in [-0.39, 0.29) is 11.7 Å². The maximum absolute atomic E-state index is 9.54. The van der Waals surface area contributed by atoms with Gasteiger partial charge in [-0.15, -0.1) is 0 Å². The van der Waals surface area contributed by atoms with Gasteiger partial charge in [0.2, 0.25) is 0 Å². The van der Waals surface area contributed by atoms with E-state index in [1.165, 1.54) is 0 Å². The van der Waals surface area contributed by atoms with Crippen molar-refractivity contribution in [2.24, 2.45) is 11.5 Å². The largest absolute Gasteiger partial charge is 0.750 e. The standard InChI is InChI=1S/C3H8O3S.CH4N2S/c1-2-3-6-7(4)5;2-1(3)4/h2-3H2,1H3,(H,4,5);(H4,2,3,4)/p-1. The molecule has 1 atom stereocenters. The molecule has 0 spiro atoms. The first-order chi connectivity index (χ1) is 5.00. The molecule has 0 radical (unpaired) electrons. The first kappa shape index (κ1) is 13.4. The molecule has 0 fully saturated rings. The smallest absolute Gasteiger partial charge is 0.160 e. The lowest BCUT2D eigenvalue weighted by molar-refractivity contribution is 0.300. The van der Waals surface area contributed by atoms with E-state index in [9.17, 15) is 8.76 Å². The van der Waals surface area contributed by atoms with Crippen LogP contribution in [0, 0.1) is 0 Å². The van der Waals surface area contributed by atoms with Crippen LogP contribution >= 0.6 is 12.2 Å². The van der Waals surface area contributed by atoms with Gasteiger partial charge in [0.05, 0.1) is 18.0 Å². The summed E-state index contributed by atoms with van der Waals surface area (Å²) < 4.78 is 23.2. The van der Waals surface area contributed by atoms with Crippen molar-refractivity contribution in [1.82, 2.24) is 0 Å². The molecule has 11 heavy (non-hydrogen) atoms. The molecule has 0 amide bonds. The van der Waals surface area contributed by atoms with Gasteiger partial charge in [-0.05, 0) is 18.6 Å². The summed E-state index contributed by atoms with van der Waals surface area (Å²) in [4.78, 5) is 0. The van der Waals surface area contributed by atoms with E-state index in [4.69, 9.17) is 0 Å². The zero-order valence-corrected chi connectivity index (χ0v) is 7.74. The SMILES string of the molecule is CCCOS(=O)[O-].NC(N)=S. The van der Waals surface area contributed by atoms with Crippen LogP contribution in [0.15, 0.2) is 0 Å². The summed E-state index contributed by atoms with van der Waals surface area (Å²) in [6.45, 7) is 2.13. The molecule has 68 valence electrons. The van der Waals surface area contributed by atoms with Crippen molar-refractivity contribution in [2.75, 3.05) is 6.61 Å². The number of hydrogen-bond acceptors (Lipinski definition) is 4. The first-order valence-electron chi connectivity index (χ1n) is 2.78. The highest BCUT2D eigenvalue weighted by Crippen LogP contribution is 1.80. The molecular weight excluding hydrogens is 188 g/mol. The van der Waals surface area contributed by atoms with Crippen molar-refractivity contribution in [3.63, 3.8) is 0 Å². The second kappa shape index (κ2) is 9.76. The Morgan fingerprint density at radius 1 is 1.73 bits per heavy atom. The molecule has 0 heterocycles. The molecule has 0 bridgehead atoms. The second-order valence-corrected chi connectivity index (χ2v) is 2.54. The summed E-state index contributed by atoms with van der Waals surface area (Å²) in [6.07, 6.45) is 0.730. The van der Waals surface area contributed by atoms with Crippen LogP contribution in [0.2, 0.25) is 0 Å². The van der Waals surface area contributed by atoms with E-state index in [0.717, 1.165) is 6.42 Å². The lowest BCUT2D eigenvalue weighted by atomic mass is 10.5. The third-order valence-corrected chi connectivity index (χ3v) is 0.743. The highest BCUT2D eigenvalue weighted by molar-refractivity contribution is 7.80. The topological polar surface area (TPSA) is 101 Å². The average Bonchev–Trinajstić information content (AvgIpc) is 1.82. The van der Waals surface area contributed by atoms with Crippen LogP contribution in [0.1, 0.15) is 13.3 Å². The predicted molar refractivity (Wildman–Crippen MR) is 46.1 cm³/mol. The molecular formula is C4H11N2O3S2-. The zero-order valence-electron chi connectivity index (χ0n) is 6.11. The van der Waals surface area contributed by atoms with Crippen LogP contribution in [-0.2, 0) is 15.5 Å². The Labute approximate surface area is 73.6 Å². The molecule has 0 aromatic heterocycles. The summed E-state index contributed by atoms with van der Waals surface area (Å²) >= 11 is 1.78. The van der Waals surface area contributed by atoms with Crippen molar-refractivity contribution >= 4 is 28.7 Å². The van der Waals surface area contributed by atoms with Crippen molar-refractivity contribution in [1.29, 1.82) is 0 Å². The van der Waals surface area contributed by atoms with E-state index >= 15 is 0 Å². The van der Waals surface area contributed by atoms with Crippen LogP contribution in [0.3, 0.4) is 0 Å². The van der Waals surface area contributed by atoms with Crippen molar-refractivity contribution in [2.45, 2.75) is 13.3 Å². The Balaban J connectivity index is 0. The summed E-state index contributed by atoms with van der Waals surface area (Å²) in [6, 6.07) is 0. The maximum Gasteiger partial charge on any atom is 0.160 e. The molecule has 5 nitrogen and oxygen atoms in total. The predicted octanol–water partition coefficient (Wildman–Crippen LogP) is -0.604. The molecule has 0 saturated carbocycles. The van der Waals surface area contributed by atoms with Crippen LogP contribution in [0.4, 0.5) is 0 Å². The van der Waals surface area contributed by atoms with Crippen molar-refractivity contribution < 1.29 is 12.9 Å². The minimum absolute atomic E-state index is 0.000000000000000222. The maximum atomic E-state index is 9.54. The summed E-state index contributed by atoms with van der Waals surface area (Å²) in [5, 5.41) is 0.000000000000000222. The fraction of sp³-hybridized carbons (Fsp3) is 0.750. The van der Waals surface area contributed by atoms with Gasteiger partial charge in [0.25, 0.3) is 0 Å². The second-order valence-electron chi connectivity index (χ2n) is 1.43. The highest BCUT2D eigenvalue weighted by Gasteiger charge is 1.77. The monoisotopic (exact) mass is 199 g/mol. The van der Waals surface area contributed by atoms with E-state index in [1.54, 1.807) is 0 Å². The van der Waals surface area contributed by atoms with Gasteiger partial charge in [-0.3, -0.25) is 0 Å². The molecule has 0 aromatic carbocycles. The van der Waals surface area contributed by atoms with Gasteiger partial charge in [-0.1, -0.05) is 6.92 Å². The normalized spacial score (nSPS) is 11.1. The number of hydrogen-bond donors (Lipinski definition) is 2. The summed E-state index contributed by atoms with van der Waals surface area (Å²) in [5.41, 5.74) is 9.24. The van der Waals surface area contributed by atoms with Gasteiger partial charge in [-0.25, -0.2) is 4.21 Å². The average molecular weight is 199 g/mol. The third-order valence-electron chi connectivity index (χ3n) is 0.384. The van der Waals surface area contributed by atoms with Crippen molar-refractivity contribution in [3.8, 4) is 0 Å². The molecule has 0 aliphatic carbocycles. The van der Waals surface area contributed by atoms with Crippen LogP contribution in [0.5, 0.6) is 0 Å².